The van der Waals surface area contributed by atoms with Crippen molar-refractivity contribution in [2.24, 2.45) is 0 Å². The molecule has 2 atom stereocenters. The van der Waals surface area contributed by atoms with Gasteiger partial charge in [-0.15, -0.1) is 11.8 Å². The van der Waals surface area contributed by atoms with Crippen LogP contribution in [0.15, 0.2) is 29.2 Å². The van der Waals surface area contributed by atoms with Crippen molar-refractivity contribution in [3.8, 4) is 0 Å². The third-order valence-electron chi connectivity index (χ3n) is 3.68. The van der Waals surface area contributed by atoms with E-state index in [1.807, 2.05) is 18.7 Å². The van der Waals surface area contributed by atoms with Gasteiger partial charge in [-0.3, -0.25) is 4.79 Å². The Labute approximate surface area is 132 Å². The minimum Gasteiger partial charge on any atom is -0.372 e. The van der Waals surface area contributed by atoms with Gasteiger partial charge in [-0.05, 0) is 37.5 Å². The molecular formula is C17H25NO2S. The number of amides is 1. The molecule has 0 radical (unpaired) electrons. The lowest BCUT2D eigenvalue weighted by Crippen LogP contribution is -2.48. The van der Waals surface area contributed by atoms with Crippen molar-refractivity contribution in [1.82, 2.24) is 4.90 Å². The second kappa shape index (κ2) is 7.32. The van der Waals surface area contributed by atoms with Crippen LogP contribution in [0.25, 0.3) is 0 Å². The Hall–Kier alpha value is -1.00. The zero-order valence-electron chi connectivity index (χ0n) is 13.3. The Morgan fingerprint density at radius 1 is 1.24 bits per heavy atom. The van der Waals surface area contributed by atoms with Crippen molar-refractivity contribution in [2.45, 2.75) is 50.7 Å². The number of carbonyl (C=O) groups is 1. The largest absolute Gasteiger partial charge is 0.372 e. The number of morpholine rings is 1. The van der Waals surface area contributed by atoms with E-state index in [0.29, 0.717) is 24.8 Å². The number of thioether (sulfide) groups is 1. The normalized spacial score (nSPS) is 22.6. The van der Waals surface area contributed by atoms with Crippen molar-refractivity contribution < 1.29 is 9.53 Å². The number of carbonyl (C=O) groups excluding carboxylic acids is 1. The molecule has 0 saturated carbocycles. The third kappa shape index (κ3) is 4.75. The summed E-state index contributed by atoms with van der Waals surface area (Å²) in [7, 11) is 0. The van der Waals surface area contributed by atoms with Crippen molar-refractivity contribution >= 4 is 17.7 Å². The highest BCUT2D eigenvalue weighted by atomic mass is 32.2. The van der Waals surface area contributed by atoms with Crippen LogP contribution in [0.3, 0.4) is 0 Å². The topological polar surface area (TPSA) is 29.5 Å². The summed E-state index contributed by atoms with van der Waals surface area (Å²) in [5, 5.41) is 0. The summed E-state index contributed by atoms with van der Waals surface area (Å²) >= 11 is 1.61. The highest BCUT2D eigenvalue weighted by Gasteiger charge is 2.25. The summed E-state index contributed by atoms with van der Waals surface area (Å²) in [5.41, 5.74) is 1.33. The Morgan fingerprint density at radius 2 is 1.81 bits per heavy atom. The van der Waals surface area contributed by atoms with Crippen molar-refractivity contribution in [2.75, 3.05) is 18.8 Å². The average molecular weight is 307 g/mol. The molecule has 21 heavy (non-hydrogen) atoms. The summed E-state index contributed by atoms with van der Waals surface area (Å²) in [4.78, 5) is 15.4. The van der Waals surface area contributed by atoms with E-state index in [1.54, 1.807) is 11.8 Å². The van der Waals surface area contributed by atoms with Gasteiger partial charge in [0, 0.05) is 18.0 Å². The number of rotatable bonds is 4. The van der Waals surface area contributed by atoms with E-state index in [-0.39, 0.29) is 18.1 Å². The summed E-state index contributed by atoms with van der Waals surface area (Å²) in [6.45, 7) is 9.83. The van der Waals surface area contributed by atoms with E-state index in [2.05, 4.69) is 38.1 Å². The van der Waals surface area contributed by atoms with Gasteiger partial charge in [0.1, 0.15) is 0 Å². The molecule has 1 fully saturated rings. The molecule has 1 heterocycles. The molecule has 1 aromatic carbocycles. The van der Waals surface area contributed by atoms with Crippen molar-refractivity contribution in [3.63, 3.8) is 0 Å². The van der Waals surface area contributed by atoms with Gasteiger partial charge in [0.15, 0.2) is 0 Å². The van der Waals surface area contributed by atoms with Gasteiger partial charge >= 0.3 is 0 Å². The van der Waals surface area contributed by atoms with Crippen LogP contribution in [-0.2, 0) is 9.53 Å². The van der Waals surface area contributed by atoms with Crippen LogP contribution in [0.5, 0.6) is 0 Å². The van der Waals surface area contributed by atoms with Gasteiger partial charge in [0.05, 0.1) is 18.0 Å². The molecule has 0 aliphatic carbocycles. The van der Waals surface area contributed by atoms with E-state index < -0.39 is 0 Å². The first kappa shape index (κ1) is 16.4. The number of hydrogen-bond acceptors (Lipinski definition) is 3. The molecule has 1 saturated heterocycles. The summed E-state index contributed by atoms with van der Waals surface area (Å²) in [6.07, 6.45) is 0.265. The quantitative estimate of drug-likeness (QED) is 0.797. The smallest absolute Gasteiger partial charge is 0.233 e. The third-order valence-corrected chi connectivity index (χ3v) is 4.68. The van der Waals surface area contributed by atoms with Gasteiger partial charge in [-0.25, -0.2) is 0 Å². The number of hydrogen-bond donors (Lipinski definition) is 0. The van der Waals surface area contributed by atoms with E-state index in [1.165, 1.54) is 5.56 Å². The van der Waals surface area contributed by atoms with E-state index >= 15 is 0 Å². The van der Waals surface area contributed by atoms with Crippen LogP contribution >= 0.6 is 11.8 Å². The maximum atomic E-state index is 12.3. The highest BCUT2D eigenvalue weighted by Crippen LogP contribution is 2.22. The Kier molecular flexibility index (Phi) is 5.71. The summed E-state index contributed by atoms with van der Waals surface area (Å²) < 4.78 is 5.66. The predicted molar refractivity (Wildman–Crippen MR) is 87.8 cm³/mol. The van der Waals surface area contributed by atoms with E-state index in [4.69, 9.17) is 4.74 Å². The number of nitrogens with zero attached hydrogens (tertiary/aromatic N) is 1. The molecule has 3 nitrogen and oxygen atoms in total. The van der Waals surface area contributed by atoms with Gasteiger partial charge in [-0.1, -0.05) is 26.0 Å². The van der Waals surface area contributed by atoms with Gasteiger partial charge in [0.2, 0.25) is 5.91 Å². The fraction of sp³-hybridized carbons (Fsp3) is 0.588. The molecule has 1 aromatic rings. The van der Waals surface area contributed by atoms with Crippen LogP contribution in [0.1, 0.15) is 39.2 Å². The van der Waals surface area contributed by atoms with Gasteiger partial charge in [-0.2, -0.15) is 0 Å². The molecule has 1 amide bonds. The van der Waals surface area contributed by atoms with Gasteiger partial charge < -0.3 is 9.64 Å². The number of benzene rings is 1. The maximum absolute atomic E-state index is 12.3. The first-order chi connectivity index (χ1) is 9.95. The molecule has 0 spiro atoms. The first-order valence-corrected chi connectivity index (χ1v) is 8.60. The fourth-order valence-corrected chi connectivity index (χ4v) is 3.37. The lowest BCUT2D eigenvalue weighted by Gasteiger charge is -2.35. The lowest BCUT2D eigenvalue weighted by atomic mass is 10.0. The summed E-state index contributed by atoms with van der Waals surface area (Å²) in [6, 6.07) is 8.52. The second-order valence-electron chi connectivity index (χ2n) is 6.07. The van der Waals surface area contributed by atoms with Crippen LogP contribution in [0.4, 0.5) is 0 Å². The van der Waals surface area contributed by atoms with Crippen LogP contribution in [0, 0.1) is 0 Å². The molecular weight excluding hydrogens is 282 g/mol. The average Bonchev–Trinajstić information content (AvgIpc) is 2.44. The minimum absolute atomic E-state index is 0.132. The fourth-order valence-electron chi connectivity index (χ4n) is 2.57. The standard InChI is InChI=1S/C17H25NO2S/c1-12(2)15-5-7-16(8-6-15)21-11-17(19)18-9-13(3)20-14(4)10-18/h5-8,12-14H,9-11H2,1-4H3. The molecule has 0 N–H and O–H groups in total. The van der Waals surface area contributed by atoms with E-state index in [0.717, 1.165) is 4.90 Å². The van der Waals surface area contributed by atoms with Crippen LogP contribution in [-0.4, -0.2) is 41.9 Å². The van der Waals surface area contributed by atoms with Gasteiger partial charge in [0.25, 0.3) is 0 Å². The molecule has 0 aromatic heterocycles. The molecule has 1 aliphatic rings. The van der Waals surface area contributed by atoms with Crippen molar-refractivity contribution in [3.05, 3.63) is 29.8 Å². The van der Waals surface area contributed by atoms with Crippen molar-refractivity contribution in [1.29, 1.82) is 0 Å². The minimum atomic E-state index is 0.132. The lowest BCUT2D eigenvalue weighted by molar-refractivity contribution is -0.140. The molecule has 1 aliphatic heterocycles. The van der Waals surface area contributed by atoms with Crippen LogP contribution < -0.4 is 0 Å². The molecule has 0 bridgehead atoms. The molecule has 4 heteroatoms. The maximum Gasteiger partial charge on any atom is 0.233 e. The Bertz CT molecular complexity index is 462. The molecule has 2 unspecified atom stereocenters. The molecule has 2 rings (SSSR count). The molecule has 116 valence electrons. The Balaban J connectivity index is 1.86. The highest BCUT2D eigenvalue weighted by molar-refractivity contribution is 8.00. The SMILES string of the molecule is CC1CN(C(=O)CSc2ccc(C(C)C)cc2)CC(C)O1. The second-order valence-corrected chi connectivity index (χ2v) is 7.12. The van der Waals surface area contributed by atoms with Crippen LogP contribution in [0.2, 0.25) is 0 Å². The Morgan fingerprint density at radius 3 is 2.33 bits per heavy atom. The summed E-state index contributed by atoms with van der Waals surface area (Å²) in [5.74, 6) is 1.25. The first-order valence-electron chi connectivity index (χ1n) is 7.61. The zero-order chi connectivity index (χ0) is 15.4. The number of ether oxygens (including phenoxy) is 1. The predicted octanol–water partition coefficient (Wildman–Crippen LogP) is 3.54. The van der Waals surface area contributed by atoms with E-state index in [9.17, 15) is 4.79 Å². The zero-order valence-corrected chi connectivity index (χ0v) is 14.2. The monoisotopic (exact) mass is 307 g/mol.